The number of hydrogen-bond acceptors (Lipinski definition) is 3. The van der Waals surface area contributed by atoms with Gasteiger partial charge in [-0.1, -0.05) is 66.7 Å². The first-order valence-corrected chi connectivity index (χ1v) is 9.31. The van der Waals surface area contributed by atoms with Gasteiger partial charge in [0.2, 0.25) is 11.8 Å². The maximum absolute atomic E-state index is 13.3. The Morgan fingerprint density at radius 3 is 1.82 bits per heavy atom. The lowest BCUT2D eigenvalue weighted by Crippen LogP contribution is -2.33. The Morgan fingerprint density at radius 1 is 0.679 bits per heavy atom. The number of ketones is 1. The van der Waals surface area contributed by atoms with Crippen molar-refractivity contribution in [2.45, 2.75) is 12.3 Å². The Hall–Kier alpha value is -3.53. The molecule has 0 aromatic heterocycles. The first kappa shape index (κ1) is 16.6. The van der Waals surface area contributed by atoms with Crippen molar-refractivity contribution in [2.24, 2.45) is 5.92 Å². The standard InChI is InChI=1S/C24H17NO3/c26-21-14-20(24(28)25(21)15-8-2-1-3-9-15)22-16-10-4-6-12-18(16)23(27)19-13-7-5-11-17(19)22/h1-13,20,22H,14H2. The maximum atomic E-state index is 13.3. The third-order valence-corrected chi connectivity index (χ3v) is 5.68. The van der Waals surface area contributed by atoms with E-state index in [1.165, 1.54) is 4.90 Å². The molecule has 1 aliphatic carbocycles. The molecule has 136 valence electrons. The molecule has 1 heterocycles. The number of carbonyl (C=O) groups is 3. The molecule has 1 fully saturated rings. The van der Waals surface area contributed by atoms with E-state index < -0.39 is 5.92 Å². The molecule has 4 heteroatoms. The van der Waals surface area contributed by atoms with E-state index in [2.05, 4.69) is 0 Å². The molecular weight excluding hydrogens is 350 g/mol. The van der Waals surface area contributed by atoms with Crippen molar-refractivity contribution in [2.75, 3.05) is 4.90 Å². The smallest absolute Gasteiger partial charge is 0.238 e. The number of rotatable bonds is 2. The lowest BCUT2D eigenvalue weighted by atomic mass is 9.71. The number of hydrogen-bond donors (Lipinski definition) is 0. The van der Waals surface area contributed by atoms with Crippen LogP contribution in [0.2, 0.25) is 0 Å². The van der Waals surface area contributed by atoms with Crippen LogP contribution in [0.25, 0.3) is 0 Å². The molecule has 0 bridgehead atoms. The average molecular weight is 367 g/mol. The minimum Gasteiger partial charge on any atom is -0.289 e. The van der Waals surface area contributed by atoms with Crippen LogP contribution in [0.5, 0.6) is 0 Å². The molecule has 2 aliphatic rings. The van der Waals surface area contributed by atoms with E-state index >= 15 is 0 Å². The molecule has 28 heavy (non-hydrogen) atoms. The van der Waals surface area contributed by atoms with Gasteiger partial charge in [-0.15, -0.1) is 0 Å². The highest BCUT2D eigenvalue weighted by molar-refractivity contribution is 6.22. The second kappa shape index (κ2) is 6.27. The number of para-hydroxylation sites is 1. The number of benzene rings is 3. The molecule has 0 saturated carbocycles. The lowest BCUT2D eigenvalue weighted by Gasteiger charge is -2.30. The molecule has 1 saturated heterocycles. The molecule has 0 spiro atoms. The summed E-state index contributed by atoms with van der Waals surface area (Å²) >= 11 is 0. The zero-order chi connectivity index (χ0) is 19.3. The van der Waals surface area contributed by atoms with Crippen LogP contribution in [0, 0.1) is 5.92 Å². The molecule has 0 N–H and O–H groups in total. The zero-order valence-corrected chi connectivity index (χ0v) is 15.0. The second-order valence-electron chi connectivity index (χ2n) is 7.19. The Labute approximate surface area is 162 Å². The monoisotopic (exact) mass is 367 g/mol. The van der Waals surface area contributed by atoms with Crippen molar-refractivity contribution in [3.63, 3.8) is 0 Å². The van der Waals surface area contributed by atoms with Crippen LogP contribution in [0.15, 0.2) is 78.9 Å². The molecule has 5 rings (SSSR count). The average Bonchev–Trinajstić information content (AvgIpc) is 3.03. The molecule has 1 unspecified atom stereocenters. The van der Waals surface area contributed by atoms with Crippen molar-refractivity contribution >= 4 is 23.3 Å². The second-order valence-corrected chi connectivity index (χ2v) is 7.19. The van der Waals surface area contributed by atoms with Gasteiger partial charge in [0.1, 0.15) is 0 Å². The summed E-state index contributed by atoms with van der Waals surface area (Å²) in [4.78, 5) is 40.3. The van der Waals surface area contributed by atoms with Crippen molar-refractivity contribution in [3.8, 4) is 0 Å². The normalized spacial score (nSPS) is 18.9. The Balaban J connectivity index is 1.64. The lowest BCUT2D eigenvalue weighted by molar-refractivity contribution is -0.122. The van der Waals surface area contributed by atoms with Crippen molar-refractivity contribution in [3.05, 3.63) is 101 Å². The van der Waals surface area contributed by atoms with Crippen LogP contribution in [-0.4, -0.2) is 17.6 Å². The van der Waals surface area contributed by atoms with Gasteiger partial charge in [0.15, 0.2) is 5.78 Å². The van der Waals surface area contributed by atoms with Gasteiger partial charge in [-0.2, -0.15) is 0 Å². The van der Waals surface area contributed by atoms with E-state index in [9.17, 15) is 14.4 Å². The van der Waals surface area contributed by atoms with Gasteiger partial charge in [0.05, 0.1) is 11.6 Å². The number of anilines is 1. The van der Waals surface area contributed by atoms with Crippen LogP contribution < -0.4 is 4.90 Å². The van der Waals surface area contributed by atoms with Crippen molar-refractivity contribution < 1.29 is 14.4 Å². The Bertz CT molecular complexity index is 1070. The maximum Gasteiger partial charge on any atom is 0.238 e. The molecule has 3 aromatic carbocycles. The van der Waals surface area contributed by atoms with Gasteiger partial charge in [-0.05, 0) is 23.3 Å². The summed E-state index contributed by atoms with van der Waals surface area (Å²) in [6.07, 6.45) is 0.134. The van der Waals surface area contributed by atoms with Gasteiger partial charge in [0.25, 0.3) is 0 Å². The van der Waals surface area contributed by atoms with Crippen molar-refractivity contribution in [1.82, 2.24) is 0 Å². The minimum absolute atomic E-state index is 0.0286. The summed E-state index contributed by atoms with van der Waals surface area (Å²) in [5.74, 6) is -1.27. The first-order valence-electron chi connectivity index (χ1n) is 9.31. The van der Waals surface area contributed by atoms with Crippen LogP contribution in [-0.2, 0) is 9.59 Å². The fourth-order valence-corrected chi connectivity index (χ4v) is 4.46. The zero-order valence-electron chi connectivity index (χ0n) is 15.0. The summed E-state index contributed by atoms with van der Waals surface area (Å²) in [5.41, 5.74) is 3.47. The van der Waals surface area contributed by atoms with E-state index in [1.54, 1.807) is 24.3 Å². The summed E-state index contributed by atoms with van der Waals surface area (Å²) in [5, 5.41) is 0. The summed E-state index contributed by atoms with van der Waals surface area (Å²) in [6.45, 7) is 0. The Kier molecular flexibility index (Phi) is 3.72. The van der Waals surface area contributed by atoms with E-state index in [0.717, 1.165) is 11.1 Å². The van der Waals surface area contributed by atoms with Gasteiger partial charge < -0.3 is 0 Å². The minimum atomic E-state index is -0.525. The Morgan fingerprint density at radius 2 is 1.21 bits per heavy atom. The third kappa shape index (κ3) is 2.34. The predicted molar refractivity (Wildman–Crippen MR) is 105 cm³/mol. The van der Waals surface area contributed by atoms with E-state index in [1.807, 2.05) is 54.6 Å². The van der Waals surface area contributed by atoms with Crippen LogP contribution >= 0.6 is 0 Å². The van der Waals surface area contributed by atoms with Crippen molar-refractivity contribution in [1.29, 1.82) is 0 Å². The molecular formula is C24H17NO3. The molecule has 4 nitrogen and oxygen atoms in total. The van der Waals surface area contributed by atoms with Gasteiger partial charge in [0, 0.05) is 23.5 Å². The number of amides is 2. The van der Waals surface area contributed by atoms with Gasteiger partial charge >= 0.3 is 0 Å². The van der Waals surface area contributed by atoms with Crippen LogP contribution in [0.1, 0.15) is 39.4 Å². The van der Waals surface area contributed by atoms with Crippen LogP contribution in [0.3, 0.4) is 0 Å². The van der Waals surface area contributed by atoms with E-state index in [4.69, 9.17) is 0 Å². The SMILES string of the molecule is O=C1c2ccccc2C(C2CC(=O)N(c3ccccc3)C2=O)c2ccccc21. The molecule has 1 aliphatic heterocycles. The largest absolute Gasteiger partial charge is 0.289 e. The fraction of sp³-hybridized carbons (Fsp3) is 0.125. The summed E-state index contributed by atoms with van der Waals surface area (Å²) in [6, 6.07) is 23.8. The topological polar surface area (TPSA) is 54.5 Å². The van der Waals surface area contributed by atoms with Gasteiger partial charge in [-0.3, -0.25) is 19.3 Å². The molecule has 2 amide bonds. The predicted octanol–water partition coefficient (Wildman–Crippen LogP) is 3.94. The molecule has 3 aromatic rings. The number of fused-ring (bicyclic) bond motifs is 2. The highest BCUT2D eigenvalue weighted by Gasteiger charge is 2.47. The van der Waals surface area contributed by atoms with E-state index in [0.29, 0.717) is 16.8 Å². The fourth-order valence-electron chi connectivity index (χ4n) is 4.46. The quantitative estimate of drug-likeness (QED) is 0.645. The number of carbonyl (C=O) groups excluding carboxylic acids is 3. The molecule has 0 radical (unpaired) electrons. The first-order chi connectivity index (χ1) is 13.7. The summed E-state index contributed by atoms with van der Waals surface area (Å²) < 4.78 is 0. The number of nitrogens with zero attached hydrogens (tertiary/aromatic N) is 1. The third-order valence-electron chi connectivity index (χ3n) is 5.68. The van der Waals surface area contributed by atoms with Gasteiger partial charge in [-0.25, -0.2) is 0 Å². The summed E-state index contributed by atoms with van der Waals surface area (Å²) in [7, 11) is 0. The number of imide groups is 1. The molecule has 1 atom stereocenters. The highest BCUT2D eigenvalue weighted by Crippen LogP contribution is 2.45. The van der Waals surface area contributed by atoms with E-state index in [-0.39, 0.29) is 29.9 Å². The highest BCUT2D eigenvalue weighted by atomic mass is 16.2. The van der Waals surface area contributed by atoms with Crippen LogP contribution in [0.4, 0.5) is 5.69 Å².